The molecule has 6 heteroatoms. The zero-order valence-corrected chi connectivity index (χ0v) is 7.30. The zero-order chi connectivity index (χ0) is 9.26. The predicted octanol–water partition coefficient (Wildman–Crippen LogP) is -0.652. The lowest BCUT2D eigenvalue weighted by atomic mass is 10.3. The normalized spacial score (nSPS) is 18.1. The SMILES string of the molecule is CN1CCN(c2ncno2)CC1=O. The highest BCUT2D eigenvalue weighted by atomic mass is 16.5. The Morgan fingerprint density at radius 3 is 3.00 bits per heavy atom. The highest BCUT2D eigenvalue weighted by molar-refractivity contribution is 5.81. The summed E-state index contributed by atoms with van der Waals surface area (Å²) in [6, 6.07) is 0.418. The van der Waals surface area contributed by atoms with Crippen LogP contribution in [0.4, 0.5) is 6.01 Å². The van der Waals surface area contributed by atoms with Crippen LogP contribution in [0.15, 0.2) is 10.9 Å². The minimum Gasteiger partial charge on any atom is -0.342 e. The first-order valence-corrected chi connectivity index (χ1v) is 4.03. The number of amides is 1. The average Bonchev–Trinajstić information content (AvgIpc) is 2.62. The van der Waals surface area contributed by atoms with Crippen molar-refractivity contribution in [2.24, 2.45) is 0 Å². The molecule has 0 radical (unpaired) electrons. The van der Waals surface area contributed by atoms with E-state index in [0.717, 1.165) is 6.54 Å². The first kappa shape index (κ1) is 8.03. The molecule has 1 saturated heterocycles. The number of aromatic nitrogens is 2. The molecule has 6 nitrogen and oxygen atoms in total. The van der Waals surface area contributed by atoms with Crippen LogP contribution in [0.5, 0.6) is 0 Å². The van der Waals surface area contributed by atoms with E-state index >= 15 is 0 Å². The fourth-order valence-electron chi connectivity index (χ4n) is 1.23. The fourth-order valence-corrected chi connectivity index (χ4v) is 1.23. The summed E-state index contributed by atoms with van der Waals surface area (Å²) in [5.41, 5.74) is 0. The van der Waals surface area contributed by atoms with Crippen LogP contribution in [0.1, 0.15) is 0 Å². The van der Waals surface area contributed by atoms with Crippen LogP contribution in [0.3, 0.4) is 0 Å². The number of piperazine rings is 1. The van der Waals surface area contributed by atoms with Gasteiger partial charge < -0.3 is 14.3 Å². The third kappa shape index (κ3) is 1.47. The molecule has 1 amide bonds. The molecule has 13 heavy (non-hydrogen) atoms. The third-order valence-electron chi connectivity index (χ3n) is 2.08. The van der Waals surface area contributed by atoms with Crippen molar-refractivity contribution in [3.05, 3.63) is 6.33 Å². The van der Waals surface area contributed by atoms with E-state index in [1.807, 2.05) is 0 Å². The van der Waals surface area contributed by atoms with Crippen molar-refractivity contribution in [1.29, 1.82) is 0 Å². The molecular formula is C7H10N4O2. The topological polar surface area (TPSA) is 62.5 Å². The fraction of sp³-hybridized carbons (Fsp3) is 0.571. The second kappa shape index (κ2) is 3.04. The van der Waals surface area contributed by atoms with Gasteiger partial charge in [-0.1, -0.05) is 5.16 Å². The molecule has 2 rings (SSSR count). The van der Waals surface area contributed by atoms with Crippen LogP contribution in [0.2, 0.25) is 0 Å². The van der Waals surface area contributed by atoms with Gasteiger partial charge in [0.15, 0.2) is 6.33 Å². The predicted molar refractivity (Wildman–Crippen MR) is 44.1 cm³/mol. The Morgan fingerprint density at radius 2 is 2.38 bits per heavy atom. The number of rotatable bonds is 1. The van der Waals surface area contributed by atoms with Gasteiger partial charge in [-0.2, -0.15) is 4.98 Å². The monoisotopic (exact) mass is 182 g/mol. The number of carbonyl (C=O) groups excluding carboxylic acids is 1. The number of hydrogen-bond donors (Lipinski definition) is 0. The van der Waals surface area contributed by atoms with Crippen molar-refractivity contribution in [2.75, 3.05) is 31.6 Å². The number of nitrogens with zero attached hydrogens (tertiary/aromatic N) is 4. The van der Waals surface area contributed by atoms with Gasteiger partial charge in [-0.3, -0.25) is 4.79 Å². The third-order valence-corrected chi connectivity index (χ3v) is 2.08. The molecule has 1 fully saturated rings. The summed E-state index contributed by atoms with van der Waals surface area (Å²) in [6.45, 7) is 1.75. The molecule has 0 atom stereocenters. The van der Waals surface area contributed by atoms with E-state index in [1.165, 1.54) is 6.33 Å². The van der Waals surface area contributed by atoms with Gasteiger partial charge in [0.05, 0.1) is 0 Å². The summed E-state index contributed by atoms with van der Waals surface area (Å²) in [5.74, 6) is 0.0736. The van der Waals surface area contributed by atoms with E-state index in [-0.39, 0.29) is 5.91 Å². The van der Waals surface area contributed by atoms with Crippen LogP contribution >= 0.6 is 0 Å². The quantitative estimate of drug-likeness (QED) is 0.577. The Balaban J connectivity index is 2.08. The maximum atomic E-state index is 11.3. The van der Waals surface area contributed by atoms with Crippen LogP contribution in [0, 0.1) is 0 Å². The number of hydrogen-bond acceptors (Lipinski definition) is 5. The average molecular weight is 182 g/mol. The number of likely N-dealkylation sites (N-methyl/N-ethyl adjacent to an activating group) is 1. The smallest absolute Gasteiger partial charge is 0.324 e. The van der Waals surface area contributed by atoms with E-state index in [0.29, 0.717) is 19.1 Å². The van der Waals surface area contributed by atoms with Crippen LogP contribution in [-0.2, 0) is 4.79 Å². The van der Waals surface area contributed by atoms with Crippen molar-refractivity contribution in [2.45, 2.75) is 0 Å². The molecule has 0 spiro atoms. The van der Waals surface area contributed by atoms with Crippen molar-refractivity contribution in [3.8, 4) is 0 Å². The van der Waals surface area contributed by atoms with Gasteiger partial charge in [-0.05, 0) is 0 Å². The molecule has 0 unspecified atom stereocenters. The first-order chi connectivity index (χ1) is 6.27. The van der Waals surface area contributed by atoms with Gasteiger partial charge in [-0.25, -0.2) is 0 Å². The molecule has 0 N–H and O–H groups in total. The van der Waals surface area contributed by atoms with Gasteiger partial charge in [-0.15, -0.1) is 0 Å². The Hall–Kier alpha value is -1.59. The highest BCUT2D eigenvalue weighted by Crippen LogP contribution is 2.11. The van der Waals surface area contributed by atoms with E-state index in [2.05, 4.69) is 10.1 Å². The van der Waals surface area contributed by atoms with E-state index in [1.54, 1.807) is 16.8 Å². The van der Waals surface area contributed by atoms with Crippen molar-refractivity contribution < 1.29 is 9.32 Å². The molecule has 2 heterocycles. The molecule has 1 aliphatic rings. The Morgan fingerprint density at radius 1 is 1.54 bits per heavy atom. The second-order valence-corrected chi connectivity index (χ2v) is 2.96. The summed E-state index contributed by atoms with van der Waals surface area (Å²) in [5, 5.41) is 3.49. The van der Waals surface area contributed by atoms with E-state index in [4.69, 9.17) is 4.52 Å². The van der Waals surface area contributed by atoms with Crippen LogP contribution in [0.25, 0.3) is 0 Å². The molecule has 0 aliphatic carbocycles. The largest absolute Gasteiger partial charge is 0.342 e. The molecule has 0 aromatic carbocycles. The molecule has 1 aromatic heterocycles. The van der Waals surface area contributed by atoms with Crippen molar-refractivity contribution in [1.82, 2.24) is 15.0 Å². The van der Waals surface area contributed by atoms with Gasteiger partial charge in [0.25, 0.3) is 0 Å². The standard InChI is InChI=1S/C7H10N4O2/c1-10-2-3-11(4-6(10)12)7-8-5-9-13-7/h5H,2-4H2,1H3. The summed E-state index contributed by atoms with van der Waals surface area (Å²) in [6.07, 6.45) is 1.33. The van der Waals surface area contributed by atoms with E-state index < -0.39 is 0 Å². The molecule has 70 valence electrons. The summed E-state index contributed by atoms with van der Waals surface area (Å²) >= 11 is 0. The zero-order valence-electron chi connectivity index (χ0n) is 7.30. The molecule has 0 saturated carbocycles. The maximum Gasteiger partial charge on any atom is 0.324 e. The lowest BCUT2D eigenvalue weighted by molar-refractivity contribution is -0.129. The van der Waals surface area contributed by atoms with Gasteiger partial charge in [0.1, 0.15) is 6.54 Å². The second-order valence-electron chi connectivity index (χ2n) is 2.96. The Labute approximate surface area is 75.1 Å². The molecule has 1 aliphatic heterocycles. The minimum atomic E-state index is 0.0736. The van der Waals surface area contributed by atoms with Crippen molar-refractivity contribution in [3.63, 3.8) is 0 Å². The summed E-state index contributed by atoms with van der Waals surface area (Å²) < 4.78 is 4.85. The molecule has 1 aromatic rings. The summed E-state index contributed by atoms with van der Waals surface area (Å²) in [7, 11) is 1.79. The van der Waals surface area contributed by atoms with Crippen LogP contribution in [-0.4, -0.2) is 47.6 Å². The summed E-state index contributed by atoms with van der Waals surface area (Å²) in [4.78, 5) is 18.6. The maximum absolute atomic E-state index is 11.3. The Bertz CT molecular complexity index is 297. The highest BCUT2D eigenvalue weighted by Gasteiger charge is 2.23. The first-order valence-electron chi connectivity index (χ1n) is 4.03. The molecule has 0 bridgehead atoms. The van der Waals surface area contributed by atoms with Gasteiger partial charge in [0.2, 0.25) is 5.91 Å². The lowest BCUT2D eigenvalue weighted by Gasteiger charge is -2.30. The lowest BCUT2D eigenvalue weighted by Crippen LogP contribution is -2.48. The van der Waals surface area contributed by atoms with Crippen LogP contribution < -0.4 is 4.90 Å². The minimum absolute atomic E-state index is 0.0736. The van der Waals surface area contributed by atoms with E-state index in [9.17, 15) is 4.79 Å². The van der Waals surface area contributed by atoms with Crippen molar-refractivity contribution >= 4 is 11.9 Å². The van der Waals surface area contributed by atoms with Gasteiger partial charge >= 0.3 is 6.01 Å². The number of anilines is 1. The Kier molecular flexibility index (Phi) is 1.88. The number of carbonyl (C=O) groups is 1. The molecular weight excluding hydrogens is 172 g/mol. The van der Waals surface area contributed by atoms with Gasteiger partial charge in [0, 0.05) is 20.1 Å².